The van der Waals surface area contributed by atoms with Crippen LogP contribution in [0.4, 0.5) is 0 Å². The lowest BCUT2D eigenvalue weighted by molar-refractivity contribution is 0.0963. The minimum Gasteiger partial charge on any atom is -0.355 e. The fraction of sp³-hybridized carbons (Fsp3) is 0.176. The molecule has 2 aromatic carbocycles. The van der Waals surface area contributed by atoms with Gasteiger partial charge in [0.1, 0.15) is 0 Å². The minimum atomic E-state index is -0.0815. The van der Waals surface area contributed by atoms with Crippen LogP contribution in [0.15, 0.2) is 48.8 Å². The van der Waals surface area contributed by atoms with Crippen LogP contribution in [0.1, 0.15) is 15.9 Å². The van der Waals surface area contributed by atoms with E-state index < -0.39 is 0 Å². The van der Waals surface area contributed by atoms with E-state index in [2.05, 4.69) is 46.0 Å². The molecule has 110 valence electrons. The summed E-state index contributed by atoms with van der Waals surface area (Å²) in [5, 5.41) is 2.65. The SMILES string of the molecule is CBc1ccc(Cn2cnc3ccc(C(=O)NC)cc32)cc1. The second-order valence-electron chi connectivity index (χ2n) is 5.33. The highest BCUT2D eigenvalue weighted by atomic mass is 16.1. The molecule has 0 bridgehead atoms. The van der Waals surface area contributed by atoms with Gasteiger partial charge in [-0.25, -0.2) is 4.98 Å². The number of imidazole rings is 1. The van der Waals surface area contributed by atoms with Crippen LogP contribution < -0.4 is 10.8 Å². The third kappa shape index (κ3) is 2.75. The fourth-order valence-electron chi connectivity index (χ4n) is 2.55. The van der Waals surface area contributed by atoms with Crippen molar-refractivity contribution in [3.63, 3.8) is 0 Å². The molecule has 0 saturated heterocycles. The highest BCUT2D eigenvalue weighted by molar-refractivity contribution is 6.51. The zero-order valence-electron chi connectivity index (χ0n) is 12.8. The molecule has 0 unspecified atom stereocenters. The highest BCUT2D eigenvalue weighted by Gasteiger charge is 2.08. The summed E-state index contributed by atoms with van der Waals surface area (Å²) >= 11 is 0. The van der Waals surface area contributed by atoms with E-state index in [9.17, 15) is 4.79 Å². The molecule has 5 heteroatoms. The van der Waals surface area contributed by atoms with Crippen molar-refractivity contribution in [2.24, 2.45) is 0 Å². The molecule has 0 saturated carbocycles. The van der Waals surface area contributed by atoms with Gasteiger partial charge < -0.3 is 9.88 Å². The first-order chi connectivity index (χ1) is 10.7. The Labute approximate surface area is 130 Å². The second-order valence-corrected chi connectivity index (χ2v) is 5.33. The lowest BCUT2D eigenvalue weighted by Gasteiger charge is -2.07. The molecule has 0 aliphatic rings. The van der Waals surface area contributed by atoms with E-state index in [4.69, 9.17) is 0 Å². The van der Waals surface area contributed by atoms with Gasteiger partial charge in [-0.05, 0) is 23.8 Å². The van der Waals surface area contributed by atoms with E-state index >= 15 is 0 Å². The molecule has 0 aliphatic carbocycles. The van der Waals surface area contributed by atoms with Gasteiger partial charge in [-0.15, -0.1) is 0 Å². The van der Waals surface area contributed by atoms with Crippen LogP contribution >= 0.6 is 0 Å². The predicted molar refractivity (Wildman–Crippen MR) is 91.3 cm³/mol. The van der Waals surface area contributed by atoms with E-state index in [-0.39, 0.29) is 5.91 Å². The van der Waals surface area contributed by atoms with Crippen LogP contribution in [-0.2, 0) is 6.54 Å². The van der Waals surface area contributed by atoms with Crippen molar-refractivity contribution in [2.45, 2.75) is 13.4 Å². The third-order valence-electron chi connectivity index (χ3n) is 3.89. The zero-order valence-corrected chi connectivity index (χ0v) is 12.8. The summed E-state index contributed by atoms with van der Waals surface area (Å²) in [6.45, 7) is 2.90. The Morgan fingerprint density at radius 3 is 2.68 bits per heavy atom. The molecule has 4 nitrogen and oxygen atoms in total. The molecule has 0 radical (unpaired) electrons. The molecule has 3 rings (SSSR count). The summed E-state index contributed by atoms with van der Waals surface area (Å²) in [5.41, 5.74) is 5.08. The third-order valence-corrected chi connectivity index (χ3v) is 3.89. The Balaban J connectivity index is 1.94. The number of amides is 1. The maximum atomic E-state index is 11.8. The van der Waals surface area contributed by atoms with Crippen LogP contribution in [0.2, 0.25) is 6.82 Å². The van der Waals surface area contributed by atoms with Crippen molar-refractivity contribution in [2.75, 3.05) is 7.05 Å². The molecule has 1 heterocycles. The number of aromatic nitrogens is 2. The standard InChI is InChI=1S/C17H18BN3O/c1-18-14-6-3-12(4-7-14)10-21-11-20-15-8-5-13(9-16(15)21)17(22)19-2/h3-9,11,18H,10H2,1-2H3,(H,19,22). The highest BCUT2D eigenvalue weighted by Crippen LogP contribution is 2.16. The molecular weight excluding hydrogens is 273 g/mol. The first kappa shape index (κ1) is 14.4. The fourth-order valence-corrected chi connectivity index (χ4v) is 2.55. The molecule has 0 atom stereocenters. The number of carbonyl (C=O) groups is 1. The topological polar surface area (TPSA) is 46.9 Å². The summed E-state index contributed by atoms with van der Waals surface area (Å²) < 4.78 is 2.07. The van der Waals surface area contributed by atoms with Gasteiger partial charge >= 0.3 is 0 Å². The summed E-state index contributed by atoms with van der Waals surface area (Å²) in [4.78, 5) is 16.2. The number of nitrogens with zero attached hydrogens (tertiary/aromatic N) is 2. The molecule has 0 aliphatic heterocycles. The van der Waals surface area contributed by atoms with Crippen molar-refractivity contribution < 1.29 is 4.79 Å². The van der Waals surface area contributed by atoms with Crippen LogP contribution in [0.3, 0.4) is 0 Å². The van der Waals surface area contributed by atoms with Gasteiger partial charge in [0, 0.05) is 19.2 Å². The maximum absolute atomic E-state index is 11.8. The van der Waals surface area contributed by atoms with Crippen molar-refractivity contribution >= 4 is 29.7 Å². The van der Waals surface area contributed by atoms with E-state index in [1.54, 1.807) is 13.1 Å². The van der Waals surface area contributed by atoms with Crippen molar-refractivity contribution in [1.82, 2.24) is 14.9 Å². The van der Waals surface area contributed by atoms with Crippen molar-refractivity contribution in [3.05, 3.63) is 59.9 Å². The average Bonchev–Trinajstić information content (AvgIpc) is 2.97. The van der Waals surface area contributed by atoms with E-state index in [0.29, 0.717) is 5.56 Å². The Hall–Kier alpha value is -2.56. The second kappa shape index (κ2) is 6.06. The van der Waals surface area contributed by atoms with Gasteiger partial charge in [0.25, 0.3) is 5.91 Å². The van der Waals surface area contributed by atoms with Crippen LogP contribution in [0, 0.1) is 0 Å². The Bertz CT molecular complexity index is 808. The van der Waals surface area contributed by atoms with Crippen LogP contribution in [0.25, 0.3) is 11.0 Å². The smallest absolute Gasteiger partial charge is 0.251 e. The lowest BCUT2D eigenvalue weighted by Crippen LogP contribution is -2.17. The van der Waals surface area contributed by atoms with Gasteiger partial charge in [-0.1, -0.05) is 36.6 Å². The molecule has 0 spiro atoms. The number of fused-ring (bicyclic) bond motifs is 1. The predicted octanol–water partition coefficient (Wildman–Crippen LogP) is 1.55. The largest absolute Gasteiger partial charge is 0.355 e. The van der Waals surface area contributed by atoms with Gasteiger partial charge in [0.2, 0.25) is 0 Å². The molecule has 0 fully saturated rings. The zero-order chi connectivity index (χ0) is 15.5. The van der Waals surface area contributed by atoms with Gasteiger partial charge in [-0.2, -0.15) is 0 Å². The number of rotatable bonds is 4. The van der Waals surface area contributed by atoms with Gasteiger partial charge in [0.15, 0.2) is 7.28 Å². The van der Waals surface area contributed by atoms with Gasteiger partial charge in [-0.3, -0.25) is 4.79 Å². The normalized spacial score (nSPS) is 10.6. The summed E-state index contributed by atoms with van der Waals surface area (Å²) in [7, 11) is 2.68. The van der Waals surface area contributed by atoms with Crippen LogP contribution in [0.5, 0.6) is 0 Å². The molecule has 1 N–H and O–H groups in total. The van der Waals surface area contributed by atoms with Crippen molar-refractivity contribution in [3.8, 4) is 0 Å². The number of nitrogens with one attached hydrogen (secondary N) is 1. The van der Waals surface area contributed by atoms with Crippen LogP contribution in [-0.4, -0.2) is 29.8 Å². The monoisotopic (exact) mass is 291 g/mol. The lowest BCUT2D eigenvalue weighted by atomic mass is 9.73. The molecule has 1 amide bonds. The Kier molecular flexibility index (Phi) is 3.96. The quantitative estimate of drug-likeness (QED) is 0.741. The van der Waals surface area contributed by atoms with E-state index in [1.807, 2.05) is 18.5 Å². The first-order valence-electron chi connectivity index (χ1n) is 7.46. The van der Waals surface area contributed by atoms with Gasteiger partial charge in [0.05, 0.1) is 17.4 Å². The Morgan fingerprint density at radius 2 is 2.00 bits per heavy atom. The Morgan fingerprint density at radius 1 is 1.23 bits per heavy atom. The number of carbonyl (C=O) groups excluding carboxylic acids is 1. The average molecular weight is 291 g/mol. The first-order valence-corrected chi connectivity index (χ1v) is 7.46. The van der Waals surface area contributed by atoms with Crippen molar-refractivity contribution in [1.29, 1.82) is 0 Å². The number of benzene rings is 2. The van der Waals surface area contributed by atoms with E-state index in [1.165, 1.54) is 11.0 Å². The summed E-state index contributed by atoms with van der Waals surface area (Å²) in [6, 6.07) is 14.2. The van der Waals surface area contributed by atoms with E-state index in [0.717, 1.165) is 24.9 Å². The molecule has 1 aromatic heterocycles. The molecule has 3 aromatic rings. The number of hydrogen-bond acceptors (Lipinski definition) is 2. The summed E-state index contributed by atoms with van der Waals surface area (Å²) in [5.74, 6) is -0.0815. The maximum Gasteiger partial charge on any atom is 0.251 e. The summed E-state index contributed by atoms with van der Waals surface area (Å²) in [6.07, 6.45) is 1.83. The molecule has 22 heavy (non-hydrogen) atoms. The molecular formula is C17H18BN3O. The number of hydrogen-bond donors (Lipinski definition) is 1. The minimum absolute atomic E-state index is 0.0815.